The Hall–Kier alpha value is -2.44. The number of nitrogens with zero attached hydrogens (tertiary/aromatic N) is 1. The number of hydrogen-bond acceptors (Lipinski definition) is 4. The van der Waals surface area contributed by atoms with Gasteiger partial charge in [-0.3, -0.25) is 9.59 Å². The van der Waals surface area contributed by atoms with Crippen molar-refractivity contribution in [3.8, 4) is 0 Å². The minimum absolute atomic E-state index is 0.00927. The quantitative estimate of drug-likeness (QED) is 0.601. The molecule has 4 rings (SSSR count). The fraction of sp³-hybridized carbons (Fsp3) is 0.304. The average molecular weight is 425 g/mol. The second-order valence-electron chi connectivity index (χ2n) is 7.67. The summed E-state index contributed by atoms with van der Waals surface area (Å²) in [7, 11) is 0. The smallest absolute Gasteiger partial charge is 0.254 e. The molecule has 0 fully saturated rings. The fourth-order valence-corrected chi connectivity index (χ4v) is 5.46. The van der Waals surface area contributed by atoms with Crippen molar-refractivity contribution in [2.45, 2.75) is 32.4 Å². The van der Waals surface area contributed by atoms with E-state index in [2.05, 4.69) is 19.2 Å². The molecule has 6 heteroatoms. The Bertz CT molecular complexity index is 980. The van der Waals surface area contributed by atoms with Gasteiger partial charge < -0.3 is 10.2 Å². The Balaban J connectivity index is 1.76. The van der Waals surface area contributed by atoms with Crippen LogP contribution < -0.4 is 5.32 Å². The number of hydrogen-bond donors (Lipinski definition) is 1. The first-order valence-electron chi connectivity index (χ1n) is 9.79. The summed E-state index contributed by atoms with van der Waals surface area (Å²) in [5.74, 6) is -0.150. The van der Waals surface area contributed by atoms with Crippen molar-refractivity contribution in [3.05, 3.63) is 80.2 Å². The molecular weight excluding hydrogens is 400 g/mol. The molecule has 0 aliphatic carbocycles. The summed E-state index contributed by atoms with van der Waals surface area (Å²) in [6, 6.07) is 15.3. The number of benzene rings is 1. The highest BCUT2D eigenvalue weighted by molar-refractivity contribution is 7.10. The van der Waals surface area contributed by atoms with E-state index in [0.717, 1.165) is 15.3 Å². The van der Waals surface area contributed by atoms with Crippen LogP contribution in [0.1, 0.15) is 51.5 Å². The highest BCUT2D eigenvalue weighted by atomic mass is 32.1. The summed E-state index contributed by atoms with van der Waals surface area (Å²) in [5.41, 5.74) is 1.46. The zero-order valence-electron chi connectivity index (χ0n) is 16.5. The minimum atomic E-state index is -0.429. The molecule has 2 unspecified atom stereocenters. The van der Waals surface area contributed by atoms with Gasteiger partial charge in [0.25, 0.3) is 5.91 Å². The molecule has 0 radical (unpaired) electrons. The molecule has 2 atom stereocenters. The lowest BCUT2D eigenvalue weighted by Crippen LogP contribution is -2.48. The second-order valence-corrected chi connectivity index (χ2v) is 9.69. The molecule has 0 spiro atoms. The molecule has 1 N–H and O–H groups in total. The summed E-state index contributed by atoms with van der Waals surface area (Å²) in [4.78, 5) is 30.9. The number of amides is 2. The maximum atomic E-state index is 13.5. The lowest BCUT2D eigenvalue weighted by molar-refractivity contribution is -0.124. The number of carbonyl (C=O) groups excluding carboxylic acids is 2. The molecule has 2 aromatic heterocycles. The monoisotopic (exact) mass is 424 g/mol. The Kier molecular flexibility index (Phi) is 5.83. The number of fused-ring (bicyclic) bond motifs is 1. The average Bonchev–Trinajstić information content (AvgIpc) is 3.42. The van der Waals surface area contributed by atoms with E-state index in [4.69, 9.17) is 0 Å². The summed E-state index contributed by atoms with van der Waals surface area (Å²) in [5, 5.41) is 7.13. The first kappa shape index (κ1) is 19.9. The molecule has 3 aromatic rings. The van der Waals surface area contributed by atoms with Crippen LogP contribution in [0.15, 0.2) is 59.3 Å². The van der Waals surface area contributed by atoms with Gasteiger partial charge in [-0.1, -0.05) is 44.2 Å². The van der Waals surface area contributed by atoms with Gasteiger partial charge in [0.2, 0.25) is 5.91 Å². The molecule has 3 heterocycles. The van der Waals surface area contributed by atoms with Gasteiger partial charge >= 0.3 is 0 Å². The van der Waals surface area contributed by atoms with Crippen molar-refractivity contribution in [1.29, 1.82) is 0 Å². The van der Waals surface area contributed by atoms with Gasteiger partial charge in [-0.25, -0.2) is 0 Å². The summed E-state index contributed by atoms with van der Waals surface area (Å²) >= 11 is 3.23. The van der Waals surface area contributed by atoms with E-state index in [0.29, 0.717) is 24.6 Å². The van der Waals surface area contributed by atoms with Crippen LogP contribution in [0.3, 0.4) is 0 Å². The molecule has 1 aromatic carbocycles. The van der Waals surface area contributed by atoms with Gasteiger partial charge in [0.1, 0.15) is 0 Å². The van der Waals surface area contributed by atoms with Crippen LogP contribution in [0.4, 0.5) is 0 Å². The third-order valence-corrected chi connectivity index (χ3v) is 6.95. The molecule has 0 saturated carbocycles. The lowest BCUT2D eigenvalue weighted by Gasteiger charge is -2.42. The van der Waals surface area contributed by atoms with Gasteiger partial charge in [0.15, 0.2) is 0 Å². The van der Waals surface area contributed by atoms with Crippen LogP contribution in [-0.4, -0.2) is 23.3 Å². The van der Waals surface area contributed by atoms with Crippen molar-refractivity contribution in [2.75, 3.05) is 6.54 Å². The first-order valence-corrected chi connectivity index (χ1v) is 11.6. The molecule has 1 aliphatic heterocycles. The highest BCUT2D eigenvalue weighted by Crippen LogP contribution is 2.44. The number of nitrogens with one attached hydrogen (secondary N) is 1. The zero-order valence-corrected chi connectivity index (χ0v) is 18.1. The normalized spacial score (nSPS) is 18.7. The Morgan fingerprint density at radius 3 is 2.52 bits per heavy atom. The lowest BCUT2D eigenvalue weighted by atomic mass is 9.81. The molecular formula is C23H24N2O2S2. The van der Waals surface area contributed by atoms with Crippen LogP contribution in [0, 0.1) is 5.92 Å². The van der Waals surface area contributed by atoms with E-state index < -0.39 is 5.92 Å². The predicted octanol–water partition coefficient (Wildman–Crippen LogP) is 5.06. The Morgan fingerprint density at radius 1 is 1.07 bits per heavy atom. The summed E-state index contributed by atoms with van der Waals surface area (Å²) in [6.07, 6.45) is 0. The largest absolute Gasteiger partial charge is 0.351 e. The molecule has 0 saturated heterocycles. The van der Waals surface area contributed by atoms with E-state index >= 15 is 0 Å². The number of rotatable bonds is 6. The summed E-state index contributed by atoms with van der Waals surface area (Å²) < 4.78 is 0. The van der Waals surface area contributed by atoms with Crippen molar-refractivity contribution in [2.24, 2.45) is 5.92 Å². The second kappa shape index (κ2) is 8.51. The SMILES string of the molecule is CC(C)CN1C(=O)c2ccccc2C(C(=O)NCc2cccs2)C1c1cccs1. The van der Waals surface area contributed by atoms with Gasteiger partial charge in [0, 0.05) is 21.9 Å². The van der Waals surface area contributed by atoms with Crippen molar-refractivity contribution < 1.29 is 9.59 Å². The molecule has 0 bridgehead atoms. The van der Waals surface area contributed by atoms with E-state index in [1.165, 1.54) is 0 Å². The van der Waals surface area contributed by atoms with Crippen LogP contribution >= 0.6 is 22.7 Å². The van der Waals surface area contributed by atoms with Gasteiger partial charge in [-0.05, 0) is 40.4 Å². The third-order valence-electron chi connectivity index (χ3n) is 5.13. The van der Waals surface area contributed by atoms with Gasteiger partial charge in [-0.2, -0.15) is 0 Å². The highest BCUT2D eigenvalue weighted by Gasteiger charge is 2.44. The van der Waals surface area contributed by atoms with Gasteiger partial charge in [0.05, 0.1) is 18.5 Å². The van der Waals surface area contributed by atoms with Crippen LogP contribution in [0.25, 0.3) is 0 Å². The topological polar surface area (TPSA) is 49.4 Å². The minimum Gasteiger partial charge on any atom is -0.351 e. The number of thiophene rings is 2. The molecule has 1 aliphatic rings. The molecule has 4 nitrogen and oxygen atoms in total. The predicted molar refractivity (Wildman–Crippen MR) is 118 cm³/mol. The molecule has 150 valence electrons. The van der Waals surface area contributed by atoms with Crippen molar-refractivity contribution in [3.63, 3.8) is 0 Å². The van der Waals surface area contributed by atoms with Crippen LogP contribution in [-0.2, 0) is 11.3 Å². The van der Waals surface area contributed by atoms with Gasteiger partial charge in [-0.15, -0.1) is 22.7 Å². The summed E-state index contributed by atoms with van der Waals surface area (Å²) in [6.45, 7) is 5.32. The van der Waals surface area contributed by atoms with Crippen molar-refractivity contribution >= 4 is 34.5 Å². The Labute approximate surface area is 179 Å². The van der Waals surface area contributed by atoms with E-state index in [-0.39, 0.29) is 17.9 Å². The van der Waals surface area contributed by atoms with Crippen LogP contribution in [0.2, 0.25) is 0 Å². The number of carbonyl (C=O) groups is 2. The standard InChI is InChI=1S/C23H24N2O2S2/c1-15(2)14-25-21(19-10-6-12-29-19)20(17-8-3-4-9-18(17)23(25)27)22(26)24-13-16-7-5-11-28-16/h3-12,15,20-21H,13-14H2,1-2H3,(H,24,26). The van der Waals surface area contributed by atoms with Crippen LogP contribution in [0.5, 0.6) is 0 Å². The van der Waals surface area contributed by atoms with Crippen molar-refractivity contribution in [1.82, 2.24) is 10.2 Å². The maximum absolute atomic E-state index is 13.5. The molecule has 2 amide bonds. The fourth-order valence-electron chi connectivity index (χ4n) is 3.94. The zero-order chi connectivity index (χ0) is 20.4. The maximum Gasteiger partial charge on any atom is 0.254 e. The molecule has 29 heavy (non-hydrogen) atoms. The van der Waals surface area contributed by atoms with E-state index in [9.17, 15) is 9.59 Å². The van der Waals surface area contributed by atoms with E-state index in [1.807, 2.05) is 64.2 Å². The Morgan fingerprint density at radius 2 is 1.83 bits per heavy atom. The first-order chi connectivity index (χ1) is 14.1. The third kappa shape index (κ3) is 4.00. The van der Waals surface area contributed by atoms with E-state index in [1.54, 1.807) is 22.7 Å².